The number of aliphatic hydroxyl groups is 3. The van der Waals surface area contributed by atoms with Gasteiger partial charge in [0, 0.05) is 0 Å². The summed E-state index contributed by atoms with van der Waals surface area (Å²) in [6, 6.07) is 0. The number of hydrogen-bond acceptors (Lipinski definition) is 3. The van der Waals surface area contributed by atoms with Crippen LogP contribution in [0.4, 0.5) is 0 Å². The van der Waals surface area contributed by atoms with Gasteiger partial charge >= 0.3 is 0 Å². The lowest BCUT2D eigenvalue weighted by Gasteiger charge is -2.36. The molecule has 0 aliphatic heterocycles. The average molecular weight is 258 g/mol. The molecule has 0 spiro atoms. The van der Waals surface area contributed by atoms with Gasteiger partial charge in [0.1, 0.15) is 0 Å². The Hall–Kier alpha value is -0.120. The van der Waals surface area contributed by atoms with E-state index in [1.165, 1.54) is 0 Å². The summed E-state index contributed by atoms with van der Waals surface area (Å²) < 4.78 is 0. The summed E-state index contributed by atoms with van der Waals surface area (Å²) in [5.74, 6) is 0.268. The van der Waals surface area contributed by atoms with E-state index >= 15 is 0 Å². The van der Waals surface area contributed by atoms with E-state index in [0.29, 0.717) is 12.8 Å². The molecule has 3 heteroatoms. The highest BCUT2D eigenvalue weighted by Crippen LogP contribution is 2.46. The normalized spacial score (nSPS) is 36.7. The predicted octanol–water partition coefficient (Wildman–Crippen LogP) is 2.48. The van der Waals surface area contributed by atoms with Gasteiger partial charge < -0.3 is 15.3 Å². The second kappa shape index (κ2) is 5.10. The van der Waals surface area contributed by atoms with Crippen molar-refractivity contribution in [1.82, 2.24) is 0 Å². The number of hydrogen-bond donors (Lipinski definition) is 3. The van der Waals surface area contributed by atoms with Crippen LogP contribution in [0.15, 0.2) is 0 Å². The van der Waals surface area contributed by atoms with Crippen molar-refractivity contribution in [1.29, 1.82) is 0 Å². The molecule has 0 aromatic carbocycles. The molecular formula is C15H30O3. The van der Waals surface area contributed by atoms with Gasteiger partial charge in [0.15, 0.2) is 0 Å². The first-order valence-corrected chi connectivity index (χ1v) is 7.13. The second-order valence-corrected chi connectivity index (χ2v) is 7.31. The van der Waals surface area contributed by atoms with Crippen molar-refractivity contribution in [2.24, 2.45) is 11.8 Å². The molecule has 1 fully saturated rings. The lowest BCUT2D eigenvalue weighted by Crippen LogP contribution is -2.41. The lowest BCUT2D eigenvalue weighted by molar-refractivity contribution is -0.0583. The first-order valence-electron chi connectivity index (χ1n) is 7.13. The average Bonchev–Trinajstić information content (AvgIpc) is 2.39. The van der Waals surface area contributed by atoms with E-state index in [9.17, 15) is 15.3 Å². The van der Waals surface area contributed by atoms with Crippen LogP contribution >= 0.6 is 0 Å². The standard InChI is InChI=1S/C15H30O3/c1-11-12(7-10-14(11,4)17)15(5,18)9-6-8-13(2,3)16/h11-12,16-18H,6-10H2,1-5H3/t11-,12+,14+,15?/m1/s1. The Morgan fingerprint density at radius 1 is 1.17 bits per heavy atom. The zero-order valence-corrected chi connectivity index (χ0v) is 12.5. The van der Waals surface area contributed by atoms with E-state index in [-0.39, 0.29) is 11.8 Å². The minimum atomic E-state index is -0.745. The zero-order chi connectivity index (χ0) is 14.2. The fourth-order valence-corrected chi connectivity index (χ4v) is 3.27. The molecule has 0 aromatic rings. The molecule has 1 saturated carbocycles. The van der Waals surface area contributed by atoms with Gasteiger partial charge in [0.25, 0.3) is 0 Å². The maximum atomic E-state index is 10.6. The van der Waals surface area contributed by atoms with Crippen molar-refractivity contribution in [3.63, 3.8) is 0 Å². The van der Waals surface area contributed by atoms with Crippen LogP contribution in [0.5, 0.6) is 0 Å². The Balaban J connectivity index is 2.54. The molecule has 18 heavy (non-hydrogen) atoms. The van der Waals surface area contributed by atoms with Crippen LogP contribution in [0, 0.1) is 11.8 Å². The van der Waals surface area contributed by atoms with Crippen molar-refractivity contribution < 1.29 is 15.3 Å². The summed E-state index contributed by atoms with van der Waals surface area (Å²) in [5.41, 5.74) is -2.06. The summed E-state index contributed by atoms with van der Waals surface area (Å²) in [5, 5.41) is 30.5. The van der Waals surface area contributed by atoms with E-state index in [1.807, 2.05) is 20.8 Å². The van der Waals surface area contributed by atoms with Crippen molar-refractivity contribution in [2.75, 3.05) is 0 Å². The molecule has 0 saturated heterocycles. The molecule has 1 aliphatic carbocycles. The van der Waals surface area contributed by atoms with E-state index in [4.69, 9.17) is 0 Å². The molecule has 0 bridgehead atoms. The fraction of sp³-hybridized carbons (Fsp3) is 1.00. The Bertz CT molecular complexity index is 276. The van der Waals surface area contributed by atoms with Crippen molar-refractivity contribution in [3.8, 4) is 0 Å². The minimum Gasteiger partial charge on any atom is -0.390 e. The molecule has 108 valence electrons. The van der Waals surface area contributed by atoms with Gasteiger partial charge in [-0.3, -0.25) is 0 Å². The minimum absolute atomic E-state index is 0.120. The SMILES string of the molecule is C[C@@H]1[C@@H](C(C)(O)CCCC(C)(C)O)CC[C@]1(C)O. The Morgan fingerprint density at radius 3 is 2.11 bits per heavy atom. The second-order valence-electron chi connectivity index (χ2n) is 7.31. The molecule has 0 radical (unpaired) electrons. The fourth-order valence-electron chi connectivity index (χ4n) is 3.27. The van der Waals surface area contributed by atoms with Gasteiger partial charge in [-0.15, -0.1) is 0 Å². The molecule has 0 heterocycles. The van der Waals surface area contributed by atoms with Gasteiger partial charge in [0.2, 0.25) is 0 Å². The first kappa shape index (κ1) is 15.9. The molecule has 1 rings (SSSR count). The van der Waals surface area contributed by atoms with Crippen LogP contribution in [0.25, 0.3) is 0 Å². The van der Waals surface area contributed by atoms with E-state index in [0.717, 1.165) is 19.3 Å². The van der Waals surface area contributed by atoms with Crippen LogP contribution in [-0.4, -0.2) is 32.1 Å². The van der Waals surface area contributed by atoms with Crippen LogP contribution < -0.4 is 0 Å². The highest BCUT2D eigenvalue weighted by atomic mass is 16.3. The quantitative estimate of drug-likeness (QED) is 0.710. The van der Waals surface area contributed by atoms with E-state index in [1.54, 1.807) is 13.8 Å². The third kappa shape index (κ3) is 3.94. The summed E-state index contributed by atoms with van der Waals surface area (Å²) in [4.78, 5) is 0. The third-order valence-corrected chi connectivity index (χ3v) is 4.82. The van der Waals surface area contributed by atoms with E-state index < -0.39 is 16.8 Å². The molecule has 1 unspecified atom stereocenters. The number of rotatable bonds is 5. The monoisotopic (exact) mass is 258 g/mol. The van der Waals surface area contributed by atoms with Gasteiger partial charge in [-0.05, 0) is 71.6 Å². The smallest absolute Gasteiger partial charge is 0.0651 e. The molecule has 3 nitrogen and oxygen atoms in total. The van der Waals surface area contributed by atoms with Crippen molar-refractivity contribution in [3.05, 3.63) is 0 Å². The summed E-state index contributed by atoms with van der Waals surface area (Å²) in [6.45, 7) is 9.36. The maximum Gasteiger partial charge on any atom is 0.0651 e. The third-order valence-electron chi connectivity index (χ3n) is 4.82. The molecule has 3 N–H and O–H groups in total. The lowest BCUT2D eigenvalue weighted by atomic mass is 9.76. The van der Waals surface area contributed by atoms with Crippen molar-refractivity contribution in [2.45, 2.75) is 83.5 Å². The van der Waals surface area contributed by atoms with Gasteiger partial charge in [-0.25, -0.2) is 0 Å². The Morgan fingerprint density at radius 2 is 1.72 bits per heavy atom. The largest absolute Gasteiger partial charge is 0.390 e. The van der Waals surface area contributed by atoms with Crippen molar-refractivity contribution >= 4 is 0 Å². The molecular weight excluding hydrogens is 228 g/mol. The van der Waals surface area contributed by atoms with Crippen LogP contribution in [0.3, 0.4) is 0 Å². The van der Waals surface area contributed by atoms with Gasteiger partial charge in [-0.1, -0.05) is 6.92 Å². The van der Waals surface area contributed by atoms with Gasteiger partial charge in [0.05, 0.1) is 16.8 Å². The van der Waals surface area contributed by atoms with Gasteiger partial charge in [-0.2, -0.15) is 0 Å². The topological polar surface area (TPSA) is 60.7 Å². The molecule has 0 amide bonds. The summed E-state index contributed by atoms with van der Waals surface area (Å²) >= 11 is 0. The molecule has 0 aromatic heterocycles. The van der Waals surface area contributed by atoms with Crippen LogP contribution in [0.2, 0.25) is 0 Å². The van der Waals surface area contributed by atoms with E-state index in [2.05, 4.69) is 0 Å². The predicted molar refractivity (Wildman–Crippen MR) is 73.3 cm³/mol. The van der Waals surface area contributed by atoms with Crippen LogP contribution in [0.1, 0.15) is 66.7 Å². The molecule has 4 atom stereocenters. The Labute approximate surface area is 111 Å². The van der Waals surface area contributed by atoms with Crippen LogP contribution in [-0.2, 0) is 0 Å². The zero-order valence-electron chi connectivity index (χ0n) is 12.5. The summed E-state index contributed by atoms with van der Waals surface area (Å²) in [7, 11) is 0. The first-order chi connectivity index (χ1) is 7.96. The highest BCUT2D eigenvalue weighted by Gasteiger charge is 2.48. The summed E-state index contributed by atoms with van der Waals surface area (Å²) in [6.07, 6.45) is 3.83. The Kier molecular flexibility index (Phi) is 4.52. The molecule has 1 aliphatic rings. The highest BCUT2D eigenvalue weighted by molar-refractivity contribution is 4.99. The maximum absolute atomic E-state index is 10.6.